The van der Waals surface area contributed by atoms with Crippen LogP contribution in [0.3, 0.4) is 0 Å². The number of benzene rings is 1. The van der Waals surface area contributed by atoms with Crippen LogP contribution in [0, 0.1) is 0 Å². The Bertz CT molecular complexity index is 543. The average Bonchev–Trinajstić information content (AvgIpc) is 2.42. The number of rotatable bonds is 6. The summed E-state index contributed by atoms with van der Waals surface area (Å²) in [6.07, 6.45) is 5.93. The highest BCUT2D eigenvalue weighted by molar-refractivity contribution is 6.83. The minimum Gasteiger partial charge on any atom is -0.496 e. The van der Waals surface area contributed by atoms with Crippen LogP contribution in [0.5, 0.6) is 5.75 Å². The zero-order chi connectivity index (χ0) is 15.2. The van der Waals surface area contributed by atoms with Crippen LogP contribution in [0.4, 0.5) is 0 Å². The quantitative estimate of drug-likeness (QED) is 0.401. The van der Waals surface area contributed by atoms with E-state index in [1.807, 2.05) is 24.3 Å². The summed E-state index contributed by atoms with van der Waals surface area (Å²) in [6.45, 7) is 14.6. The number of allylic oxidation sites excluding steroid dienone is 4. The van der Waals surface area contributed by atoms with Crippen molar-refractivity contribution in [2.45, 2.75) is 25.6 Å². The van der Waals surface area contributed by atoms with Gasteiger partial charge in [0.1, 0.15) is 5.75 Å². The fourth-order valence-electron chi connectivity index (χ4n) is 2.31. The topological polar surface area (TPSA) is 9.23 Å². The highest BCUT2D eigenvalue weighted by Gasteiger charge is 2.28. The van der Waals surface area contributed by atoms with E-state index in [0.717, 1.165) is 11.3 Å². The summed E-state index contributed by atoms with van der Waals surface area (Å²) in [5.74, 6) is 1.05. The van der Waals surface area contributed by atoms with Crippen molar-refractivity contribution in [2.24, 2.45) is 0 Å². The number of para-hydroxylation sites is 1. The first-order valence-corrected chi connectivity index (χ1v) is 10.3. The second-order valence-electron chi connectivity index (χ2n) is 5.68. The van der Waals surface area contributed by atoms with Crippen LogP contribution < -0.4 is 4.74 Å². The monoisotopic (exact) mass is 284 g/mol. The van der Waals surface area contributed by atoms with Crippen LogP contribution in [0.1, 0.15) is 11.5 Å². The van der Waals surface area contributed by atoms with E-state index in [1.165, 1.54) is 5.20 Å². The molecule has 0 aliphatic carbocycles. The Morgan fingerprint density at radius 1 is 1.30 bits per heavy atom. The molecule has 0 radical (unpaired) electrons. The van der Waals surface area contributed by atoms with E-state index in [1.54, 1.807) is 13.2 Å². The summed E-state index contributed by atoms with van der Waals surface area (Å²) in [5.41, 5.74) is 4.34. The minimum absolute atomic E-state index is 0.147. The van der Waals surface area contributed by atoms with Crippen LogP contribution in [-0.4, -0.2) is 15.2 Å². The molecule has 0 saturated heterocycles. The molecule has 1 aromatic carbocycles. The Morgan fingerprint density at radius 3 is 2.45 bits per heavy atom. The fraction of sp³-hybridized carbons (Fsp3) is 0.278. The van der Waals surface area contributed by atoms with Gasteiger partial charge in [-0.3, -0.25) is 0 Å². The average molecular weight is 284 g/mol. The summed E-state index contributed by atoms with van der Waals surface area (Å²) >= 11 is 0. The molecule has 0 amide bonds. The Kier molecular flexibility index (Phi) is 5.81. The highest BCUT2D eigenvalue weighted by atomic mass is 28.3. The summed E-state index contributed by atoms with van der Waals surface area (Å²) in [5, 5.41) is 1.28. The molecule has 0 fully saturated rings. The molecule has 0 unspecified atom stereocenters. The van der Waals surface area contributed by atoms with Gasteiger partial charge in [0.25, 0.3) is 0 Å². The van der Waals surface area contributed by atoms with E-state index in [0.29, 0.717) is 0 Å². The maximum absolute atomic E-state index is 5.51. The molecule has 1 aromatic rings. The van der Waals surface area contributed by atoms with Gasteiger partial charge in [-0.25, -0.2) is 0 Å². The smallest absolute Gasteiger partial charge is 0.122 e. The maximum Gasteiger partial charge on any atom is 0.122 e. The predicted molar refractivity (Wildman–Crippen MR) is 91.1 cm³/mol. The molecule has 0 aliphatic heterocycles. The Labute approximate surface area is 124 Å². The molecule has 0 N–H and O–H groups in total. The third-order valence-electron chi connectivity index (χ3n) is 3.22. The van der Waals surface area contributed by atoms with Gasteiger partial charge in [0.2, 0.25) is 0 Å². The summed E-state index contributed by atoms with van der Waals surface area (Å²) < 4.78 is 5.51. The van der Waals surface area contributed by atoms with Crippen LogP contribution in [0.15, 0.2) is 66.6 Å². The summed E-state index contributed by atoms with van der Waals surface area (Å²) in [6, 6.07) is 8.13. The zero-order valence-electron chi connectivity index (χ0n) is 12.9. The highest BCUT2D eigenvalue weighted by Crippen LogP contribution is 2.36. The first kappa shape index (κ1) is 16.3. The molecule has 1 nitrogen and oxygen atoms in total. The fourth-order valence-corrected chi connectivity index (χ4v) is 4.03. The molecule has 106 valence electrons. The van der Waals surface area contributed by atoms with Gasteiger partial charge in [-0.2, -0.15) is 0 Å². The van der Waals surface area contributed by atoms with Crippen LogP contribution in [0.25, 0.3) is 0 Å². The second kappa shape index (κ2) is 7.13. The summed E-state index contributed by atoms with van der Waals surface area (Å²) in [4.78, 5) is 0. The summed E-state index contributed by atoms with van der Waals surface area (Å²) in [7, 11) is 0.191. The van der Waals surface area contributed by atoms with Crippen molar-refractivity contribution >= 4 is 8.07 Å². The lowest BCUT2D eigenvalue weighted by Crippen LogP contribution is -2.27. The van der Waals surface area contributed by atoms with Gasteiger partial charge < -0.3 is 4.74 Å². The van der Waals surface area contributed by atoms with Crippen molar-refractivity contribution in [2.75, 3.05) is 7.11 Å². The van der Waals surface area contributed by atoms with Crippen molar-refractivity contribution in [3.63, 3.8) is 0 Å². The van der Waals surface area contributed by atoms with Gasteiger partial charge in [-0.1, -0.05) is 69.2 Å². The van der Waals surface area contributed by atoms with Crippen molar-refractivity contribution in [1.29, 1.82) is 0 Å². The molecule has 0 spiro atoms. The number of hydrogen-bond acceptors (Lipinski definition) is 1. The molecule has 2 heteroatoms. The minimum atomic E-state index is -1.52. The molecular weight excluding hydrogens is 260 g/mol. The van der Waals surface area contributed by atoms with Crippen LogP contribution >= 0.6 is 0 Å². The lowest BCUT2D eigenvalue weighted by Gasteiger charge is -2.27. The van der Waals surface area contributed by atoms with Crippen LogP contribution in [-0.2, 0) is 0 Å². The van der Waals surface area contributed by atoms with Crippen molar-refractivity contribution in [3.05, 3.63) is 72.1 Å². The molecule has 0 bridgehead atoms. The molecule has 0 aromatic heterocycles. The predicted octanol–water partition coefficient (Wildman–Crippen LogP) is 5.11. The van der Waals surface area contributed by atoms with Crippen LogP contribution in [0.2, 0.25) is 19.6 Å². The van der Waals surface area contributed by atoms with Gasteiger partial charge in [-0.15, -0.1) is 5.73 Å². The van der Waals surface area contributed by atoms with E-state index in [4.69, 9.17) is 4.74 Å². The van der Waals surface area contributed by atoms with E-state index < -0.39 is 8.07 Å². The van der Waals surface area contributed by atoms with E-state index in [2.05, 4.69) is 50.7 Å². The van der Waals surface area contributed by atoms with Gasteiger partial charge in [-0.05, 0) is 11.3 Å². The first-order valence-electron chi connectivity index (χ1n) is 6.78. The normalized spacial score (nSPS) is 12.8. The van der Waals surface area contributed by atoms with E-state index in [-0.39, 0.29) is 5.92 Å². The molecule has 0 saturated carbocycles. The third-order valence-corrected chi connectivity index (χ3v) is 5.33. The lowest BCUT2D eigenvalue weighted by molar-refractivity contribution is 0.409. The maximum atomic E-state index is 5.51. The van der Waals surface area contributed by atoms with E-state index >= 15 is 0 Å². The molecular formula is C18H24OSi. The molecule has 0 aliphatic rings. The van der Waals surface area contributed by atoms with Gasteiger partial charge in [0, 0.05) is 11.5 Å². The molecule has 1 atom stereocenters. The largest absolute Gasteiger partial charge is 0.496 e. The Morgan fingerprint density at radius 2 is 1.95 bits per heavy atom. The molecule has 20 heavy (non-hydrogen) atoms. The number of methoxy groups -OCH3 is 1. The molecule has 1 rings (SSSR count). The Balaban J connectivity index is 3.43. The first-order chi connectivity index (χ1) is 9.45. The van der Waals surface area contributed by atoms with E-state index in [9.17, 15) is 0 Å². The third kappa shape index (κ3) is 3.86. The van der Waals surface area contributed by atoms with Crippen molar-refractivity contribution in [1.82, 2.24) is 0 Å². The van der Waals surface area contributed by atoms with Gasteiger partial charge in [0.05, 0.1) is 15.2 Å². The van der Waals surface area contributed by atoms with Crippen molar-refractivity contribution in [3.8, 4) is 5.75 Å². The second-order valence-corrected chi connectivity index (χ2v) is 10.7. The molecule has 0 heterocycles. The van der Waals surface area contributed by atoms with Gasteiger partial charge in [0.15, 0.2) is 0 Å². The SMILES string of the molecule is C=C=C([C@H](/C=C/C=C)c1ccccc1OC)[Si](C)(C)C. The van der Waals surface area contributed by atoms with Gasteiger partial charge >= 0.3 is 0 Å². The Hall–Kier alpha value is -1.76. The standard InChI is InChI=1S/C18H24OSi/c1-7-9-12-16(18(8-2)20(4,5)6)15-13-10-11-14-17(15)19-3/h7,9-14,16H,1-2H2,3-6H3/b12-9+/t16-/m1/s1. The van der Waals surface area contributed by atoms with Crippen molar-refractivity contribution < 1.29 is 4.74 Å². The number of ether oxygens (including phenoxy) is 1. The zero-order valence-corrected chi connectivity index (χ0v) is 13.9. The lowest BCUT2D eigenvalue weighted by atomic mass is 9.97. The number of hydrogen-bond donors (Lipinski definition) is 0.